The van der Waals surface area contributed by atoms with Crippen LogP contribution in [0.1, 0.15) is 18.9 Å². The third-order valence-electron chi connectivity index (χ3n) is 2.32. The molecule has 1 aromatic rings. The van der Waals surface area contributed by atoms with Gasteiger partial charge in [0.05, 0.1) is 17.6 Å². The quantitative estimate of drug-likeness (QED) is 0.793. The molecule has 0 spiro atoms. The number of rotatable bonds is 5. The molecule has 0 bridgehead atoms. The largest absolute Gasteiger partial charge is 0.481 e. The highest BCUT2D eigenvalue weighted by Crippen LogP contribution is 2.10. The van der Waals surface area contributed by atoms with Gasteiger partial charge in [0.1, 0.15) is 0 Å². The number of nitriles is 1. The van der Waals surface area contributed by atoms with Gasteiger partial charge in [-0.05, 0) is 24.6 Å². The minimum Gasteiger partial charge on any atom is -0.481 e. The van der Waals surface area contributed by atoms with Crippen LogP contribution in [0.25, 0.3) is 0 Å². The molecule has 0 saturated carbocycles. The van der Waals surface area contributed by atoms with Crippen molar-refractivity contribution in [3.05, 3.63) is 29.8 Å². The number of carboxylic acids is 1. The van der Waals surface area contributed by atoms with E-state index in [1.165, 1.54) is 0 Å². The first-order chi connectivity index (χ1) is 7.63. The standard InChI is InChI=1S/C12H14N2O2/c1-9(12(15)16)5-6-14-11-4-2-3-10(7-11)8-13/h2-4,7,9,14H,5-6H2,1H3,(H,15,16). The number of hydrogen-bond donors (Lipinski definition) is 2. The van der Waals surface area contributed by atoms with Gasteiger partial charge in [-0.1, -0.05) is 13.0 Å². The number of carboxylic acid groups (broad SMARTS) is 1. The summed E-state index contributed by atoms with van der Waals surface area (Å²) in [6.07, 6.45) is 0.562. The van der Waals surface area contributed by atoms with Gasteiger partial charge in [-0.3, -0.25) is 4.79 Å². The summed E-state index contributed by atoms with van der Waals surface area (Å²) in [7, 11) is 0. The van der Waals surface area contributed by atoms with Gasteiger partial charge in [-0.25, -0.2) is 0 Å². The van der Waals surface area contributed by atoms with Crippen molar-refractivity contribution >= 4 is 11.7 Å². The lowest BCUT2D eigenvalue weighted by atomic mass is 10.1. The molecular formula is C12H14N2O2. The van der Waals surface area contributed by atoms with Gasteiger partial charge in [0.2, 0.25) is 0 Å². The van der Waals surface area contributed by atoms with Crippen LogP contribution >= 0.6 is 0 Å². The van der Waals surface area contributed by atoms with Crippen LogP contribution < -0.4 is 5.32 Å². The maximum Gasteiger partial charge on any atom is 0.306 e. The Balaban J connectivity index is 2.43. The minimum atomic E-state index is -0.785. The average Bonchev–Trinajstić information content (AvgIpc) is 2.29. The first-order valence-corrected chi connectivity index (χ1v) is 5.10. The summed E-state index contributed by atoms with van der Waals surface area (Å²) in [5.74, 6) is -1.14. The van der Waals surface area contributed by atoms with Gasteiger partial charge in [-0.2, -0.15) is 5.26 Å². The number of anilines is 1. The number of aliphatic carboxylic acids is 1. The Bertz CT molecular complexity index is 410. The Morgan fingerprint density at radius 3 is 3.00 bits per heavy atom. The monoisotopic (exact) mass is 218 g/mol. The van der Waals surface area contributed by atoms with Crippen LogP contribution in [-0.2, 0) is 4.79 Å². The van der Waals surface area contributed by atoms with E-state index in [4.69, 9.17) is 10.4 Å². The molecule has 4 nitrogen and oxygen atoms in total. The predicted molar refractivity (Wildman–Crippen MR) is 61.1 cm³/mol. The van der Waals surface area contributed by atoms with E-state index in [1.807, 2.05) is 6.07 Å². The molecule has 0 aliphatic rings. The molecule has 4 heteroatoms. The fourth-order valence-electron chi connectivity index (χ4n) is 1.26. The van der Waals surface area contributed by atoms with Crippen molar-refractivity contribution in [3.63, 3.8) is 0 Å². The molecule has 0 aromatic heterocycles. The fourth-order valence-corrected chi connectivity index (χ4v) is 1.26. The summed E-state index contributed by atoms with van der Waals surface area (Å²) in [6, 6.07) is 9.17. The lowest BCUT2D eigenvalue weighted by Crippen LogP contribution is -2.14. The molecule has 1 rings (SSSR count). The number of carbonyl (C=O) groups is 1. The molecule has 1 aromatic carbocycles. The Morgan fingerprint density at radius 2 is 2.38 bits per heavy atom. The van der Waals surface area contributed by atoms with Gasteiger partial charge in [0.25, 0.3) is 0 Å². The van der Waals surface area contributed by atoms with Crippen molar-refractivity contribution in [2.45, 2.75) is 13.3 Å². The summed E-state index contributed by atoms with van der Waals surface area (Å²) < 4.78 is 0. The maximum atomic E-state index is 10.6. The normalized spacial score (nSPS) is 11.5. The zero-order valence-electron chi connectivity index (χ0n) is 9.10. The zero-order chi connectivity index (χ0) is 12.0. The smallest absolute Gasteiger partial charge is 0.306 e. The molecule has 0 heterocycles. The lowest BCUT2D eigenvalue weighted by molar-refractivity contribution is -0.141. The second-order valence-electron chi connectivity index (χ2n) is 3.65. The third kappa shape index (κ3) is 3.62. The molecule has 1 unspecified atom stereocenters. The molecule has 16 heavy (non-hydrogen) atoms. The number of benzene rings is 1. The highest BCUT2D eigenvalue weighted by atomic mass is 16.4. The van der Waals surface area contributed by atoms with Crippen LogP contribution in [-0.4, -0.2) is 17.6 Å². The predicted octanol–water partition coefficient (Wildman–Crippen LogP) is 2.08. The minimum absolute atomic E-state index is 0.355. The van der Waals surface area contributed by atoms with E-state index in [2.05, 4.69) is 11.4 Å². The fraction of sp³-hybridized carbons (Fsp3) is 0.333. The van der Waals surface area contributed by atoms with Gasteiger partial charge in [-0.15, -0.1) is 0 Å². The highest BCUT2D eigenvalue weighted by Gasteiger charge is 2.09. The molecule has 0 amide bonds. The summed E-state index contributed by atoms with van der Waals surface area (Å²) in [5.41, 5.74) is 1.44. The van der Waals surface area contributed by atoms with E-state index in [-0.39, 0.29) is 5.92 Å². The van der Waals surface area contributed by atoms with Crippen molar-refractivity contribution in [2.24, 2.45) is 5.92 Å². The second-order valence-corrected chi connectivity index (χ2v) is 3.65. The number of nitrogens with one attached hydrogen (secondary N) is 1. The van der Waals surface area contributed by atoms with Crippen LogP contribution in [0.5, 0.6) is 0 Å². The van der Waals surface area contributed by atoms with Crippen LogP contribution in [0.2, 0.25) is 0 Å². The lowest BCUT2D eigenvalue weighted by Gasteiger charge is -2.08. The molecular weight excluding hydrogens is 204 g/mol. The van der Waals surface area contributed by atoms with Gasteiger partial charge >= 0.3 is 5.97 Å². The topological polar surface area (TPSA) is 73.1 Å². The number of hydrogen-bond acceptors (Lipinski definition) is 3. The van der Waals surface area contributed by atoms with Gasteiger partial charge in [0.15, 0.2) is 0 Å². The average molecular weight is 218 g/mol. The summed E-state index contributed by atoms with van der Waals surface area (Å²) in [5, 5.41) is 20.5. The van der Waals surface area contributed by atoms with E-state index in [9.17, 15) is 4.79 Å². The summed E-state index contributed by atoms with van der Waals surface area (Å²) >= 11 is 0. The highest BCUT2D eigenvalue weighted by molar-refractivity contribution is 5.69. The Morgan fingerprint density at radius 1 is 1.62 bits per heavy atom. The van der Waals surface area contributed by atoms with Crippen molar-refractivity contribution in [1.29, 1.82) is 5.26 Å². The molecule has 84 valence electrons. The Hall–Kier alpha value is -2.02. The first-order valence-electron chi connectivity index (χ1n) is 5.10. The van der Waals surface area contributed by atoms with Crippen LogP contribution in [0, 0.1) is 17.2 Å². The van der Waals surface area contributed by atoms with Gasteiger partial charge in [0, 0.05) is 12.2 Å². The number of nitrogens with zero attached hydrogens (tertiary/aromatic N) is 1. The molecule has 0 aliphatic heterocycles. The van der Waals surface area contributed by atoms with Crippen molar-refractivity contribution in [1.82, 2.24) is 0 Å². The van der Waals surface area contributed by atoms with Gasteiger partial charge < -0.3 is 10.4 Å². The zero-order valence-corrected chi connectivity index (χ0v) is 9.10. The molecule has 2 N–H and O–H groups in total. The van der Waals surface area contributed by atoms with Crippen molar-refractivity contribution in [3.8, 4) is 6.07 Å². The Kier molecular flexibility index (Phi) is 4.34. The molecule has 0 fully saturated rings. The summed E-state index contributed by atoms with van der Waals surface area (Å²) in [4.78, 5) is 10.6. The maximum absolute atomic E-state index is 10.6. The van der Waals surface area contributed by atoms with Crippen LogP contribution in [0.15, 0.2) is 24.3 Å². The molecule has 0 saturated heterocycles. The van der Waals surface area contributed by atoms with E-state index < -0.39 is 5.97 Å². The van der Waals surface area contributed by atoms with Crippen molar-refractivity contribution in [2.75, 3.05) is 11.9 Å². The van der Waals surface area contributed by atoms with Crippen LogP contribution in [0.3, 0.4) is 0 Å². The van der Waals surface area contributed by atoms with Crippen LogP contribution in [0.4, 0.5) is 5.69 Å². The first kappa shape index (κ1) is 12.1. The molecule has 0 radical (unpaired) electrons. The van der Waals surface area contributed by atoms with E-state index in [0.717, 1.165) is 5.69 Å². The van der Waals surface area contributed by atoms with E-state index in [0.29, 0.717) is 18.5 Å². The molecule has 1 atom stereocenters. The second kappa shape index (κ2) is 5.76. The third-order valence-corrected chi connectivity index (χ3v) is 2.32. The summed E-state index contributed by atoms with van der Waals surface area (Å²) in [6.45, 7) is 2.26. The SMILES string of the molecule is CC(CCNc1cccc(C#N)c1)C(=O)O. The Labute approximate surface area is 94.5 Å². The van der Waals surface area contributed by atoms with E-state index in [1.54, 1.807) is 25.1 Å². The van der Waals surface area contributed by atoms with Crippen molar-refractivity contribution < 1.29 is 9.90 Å². The van der Waals surface area contributed by atoms with E-state index >= 15 is 0 Å². The molecule has 0 aliphatic carbocycles.